The Kier molecular flexibility index (Phi) is 7.52. The van der Waals surface area contributed by atoms with E-state index in [9.17, 15) is 0 Å². The van der Waals surface area contributed by atoms with Crippen molar-refractivity contribution in [2.24, 2.45) is 0 Å². The van der Waals surface area contributed by atoms with E-state index in [0.29, 0.717) is 0 Å². The topological polar surface area (TPSA) is 12.0 Å². The zero-order valence-corrected chi connectivity index (χ0v) is 11.5. The number of hydrogen-bond acceptors (Lipinski definition) is 2. The highest BCUT2D eigenvalue weighted by Gasteiger charge is 2.05. The van der Waals surface area contributed by atoms with E-state index in [1.807, 2.05) is 11.3 Å². The molecule has 1 heterocycles. The van der Waals surface area contributed by atoms with E-state index in [-0.39, 0.29) is 0 Å². The van der Waals surface area contributed by atoms with Crippen LogP contribution in [0.5, 0.6) is 0 Å². The Morgan fingerprint density at radius 2 is 2.12 bits per heavy atom. The third-order valence-corrected chi connectivity index (χ3v) is 3.71. The third-order valence-electron chi connectivity index (χ3n) is 2.98. The van der Waals surface area contributed by atoms with E-state index in [0.717, 1.165) is 12.6 Å². The highest BCUT2D eigenvalue weighted by molar-refractivity contribution is 7.07. The largest absolute Gasteiger partial charge is 0.314 e. The van der Waals surface area contributed by atoms with Gasteiger partial charge in [-0.05, 0) is 54.6 Å². The van der Waals surface area contributed by atoms with Gasteiger partial charge in [-0.2, -0.15) is 11.3 Å². The summed E-state index contributed by atoms with van der Waals surface area (Å²) in [5, 5.41) is 8.03. The zero-order valence-electron chi connectivity index (χ0n) is 10.7. The number of aryl methyl sites for hydroxylation is 1. The van der Waals surface area contributed by atoms with Crippen molar-refractivity contribution in [3.8, 4) is 0 Å². The van der Waals surface area contributed by atoms with Gasteiger partial charge in [0.2, 0.25) is 0 Å². The molecule has 1 aromatic heterocycles. The van der Waals surface area contributed by atoms with Crippen LogP contribution in [0, 0.1) is 0 Å². The Bertz CT molecular complexity index is 237. The molecule has 1 atom stereocenters. The second-order valence-electron chi connectivity index (χ2n) is 4.42. The molecular weight excluding hydrogens is 214 g/mol. The molecule has 0 bridgehead atoms. The summed E-state index contributed by atoms with van der Waals surface area (Å²) in [6.07, 6.45) is 7.91. The molecule has 1 N–H and O–H groups in total. The van der Waals surface area contributed by atoms with Gasteiger partial charge < -0.3 is 5.32 Å². The highest BCUT2D eigenvalue weighted by atomic mass is 32.1. The van der Waals surface area contributed by atoms with E-state index in [4.69, 9.17) is 0 Å². The first-order valence-electron chi connectivity index (χ1n) is 6.61. The molecule has 0 saturated heterocycles. The molecule has 1 aromatic rings. The van der Waals surface area contributed by atoms with Crippen molar-refractivity contribution in [2.75, 3.05) is 6.54 Å². The Hall–Kier alpha value is -0.340. The molecule has 1 unspecified atom stereocenters. The average molecular weight is 239 g/mol. The lowest BCUT2D eigenvalue weighted by Gasteiger charge is -2.16. The second kappa shape index (κ2) is 8.77. The fourth-order valence-corrected chi connectivity index (χ4v) is 2.84. The van der Waals surface area contributed by atoms with Gasteiger partial charge in [-0.25, -0.2) is 0 Å². The lowest BCUT2D eigenvalue weighted by atomic mass is 10.0. The Balaban J connectivity index is 2.08. The molecular formula is C14H25NS. The van der Waals surface area contributed by atoms with E-state index in [1.165, 1.54) is 44.1 Å². The molecule has 0 spiro atoms. The first-order chi connectivity index (χ1) is 7.86. The standard InChI is InChI=1S/C14H25NS/c1-3-7-14(15-4-2)9-6-5-8-13-10-11-16-12-13/h10-12,14-15H,3-9H2,1-2H3. The van der Waals surface area contributed by atoms with Crippen LogP contribution in [0.4, 0.5) is 0 Å². The first kappa shape index (κ1) is 13.7. The molecule has 1 nitrogen and oxygen atoms in total. The summed E-state index contributed by atoms with van der Waals surface area (Å²) >= 11 is 1.81. The molecule has 0 radical (unpaired) electrons. The summed E-state index contributed by atoms with van der Waals surface area (Å²) in [4.78, 5) is 0. The monoisotopic (exact) mass is 239 g/mol. The minimum atomic E-state index is 0.748. The molecule has 0 aromatic carbocycles. The lowest BCUT2D eigenvalue weighted by Crippen LogP contribution is -2.28. The van der Waals surface area contributed by atoms with Crippen LogP contribution in [0.15, 0.2) is 16.8 Å². The smallest absolute Gasteiger partial charge is 0.00668 e. The molecule has 0 aliphatic heterocycles. The predicted molar refractivity (Wildman–Crippen MR) is 74.2 cm³/mol. The summed E-state index contributed by atoms with van der Waals surface area (Å²) in [7, 11) is 0. The quantitative estimate of drug-likeness (QED) is 0.636. The number of hydrogen-bond donors (Lipinski definition) is 1. The van der Waals surface area contributed by atoms with Gasteiger partial charge >= 0.3 is 0 Å². The van der Waals surface area contributed by atoms with Crippen molar-refractivity contribution >= 4 is 11.3 Å². The van der Waals surface area contributed by atoms with Gasteiger partial charge in [0.15, 0.2) is 0 Å². The van der Waals surface area contributed by atoms with E-state index < -0.39 is 0 Å². The number of rotatable bonds is 9. The third kappa shape index (κ3) is 5.66. The SMILES string of the molecule is CCCC(CCCCc1ccsc1)NCC. The predicted octanol–water partition coefficient (Wildman–Crippen LogP) is 4.24. The maximum atomic E-state index is 3.58. The maximum absolute atomic E-state index is 3.58. The molecule has 1 rings (SSSR count). The molecule has 2 heteroatoms. The second-order valence-corrected chi connectivity index (χ2v) is 5.20. The fourth-order valence-electron chi connectivity index (χ4n) is 2.14. The van der Waals surface area contributed by atoms with Crippen molar-refractivity contribution < 1.29 is 0 Å². The zero-order chi connectivity index (χ0) is 11.6. The van der Waals surface area contributed by atoms with Gasteiger partial charge in [0, 0.05) is 6.04 Å². The Morgan fingerprint density at radius 3 is 2.75 bits per heavy atom. The van der Waals surface area contributed by atoms with Gasteiger partial charge in [-0.3, -0.25) is 0 Å². The van der Waals surface area contributed by atoms with Crippen LogP contribution in [-0.2, 0) is 6.42 Å². The maximum Gasteiger partial charge on any atom is 0.00668 e. The van der Waals surface area contributed by atoms with E-state index in [1.54, 1.807) is 0 Å². The van der Waals surface area contributed by atoms with Gasteiger partial charge in [-0.15, -0.1) is 0 Å². The molecule has 0 amide bonds. The van der Waals surface area contributed by atoms with E-state index in [2.05, 4.69) is 36.0 Å². The van der Waals surface area contributed by atoms with Crippen LogP contribution in [0.1, 0.15) is 51.5 Å². The average Bonchev–Trinajstić information content (AvgIpc) is 2.78. The minimum Gasteiger partial charge on any atom is -0.314 e. The van der Waals surface area contributed by atoms with Crippen molar-refractivity contribution in [3.05, 3.63) is 22.4 Å². The molecule has 92 valence electrons. The first-order valence-corrected chi connectivity index (χ1v) is 7.55. The van der Waals surface area contributed by atoms with Crippen LogP contribution >= 0.6 is 11.3 Å². The van der Waals surface area contributed by atoms with Gasteiger partial charge in [0.05, 0.1) is 0 Å². The van der Waals surface area contributed by atoms with E-state index >= 15 is 0 Å². The Morgan fingerprint density at radius 1 is 1.25 bits per heavy atom. The summed E-state index contributed by atoms with van der Waals surface area (Å²) < 4.78 is 0. The summed E-state index contributed by atoms with van der Waals surface area (Å²) in [6, 6.07) is 3.00. The van der Waals surface area contributed by atoms with Crippen LogP contribution in [0.2, 0.25) is 0 Å². The normalized spacial score (nSPS) is 12.9. The minimum absolute atomic E-state index is 0.748. The van der Waals surface area contributed by atoms with Gasteiger partial charge in [0.1, 0.15) is 0 Å². The van der Waals surface area contributed by atoms with Crippen LogP contribution in [0.25, 0.3) is 0 Å². The summed E-state index contributed by atoms with van der Waals surface area (Å²) in [6.45, 7) is 5.58. The van der Waals surface area contributed by atoms with Crippen molar-refractivity contribution in [1.29, 1.82) is 0 Å². The molecule has 16 heavy (non-hydrogen) atoms. The Labute approximate surface area is 104 Å². The van der Waals surface area contributed by atoms with Crippen LogP contribution in [0.3, 0.4) is 0 Å². The number of thiophene rings is 1. The fraction of sp³-hybridized carbons (Fsp3) is 0.714. The van der Waals surface area contributed by atoms with Crippen LogP contribution < -0.4 is 5.32 Å². The lowest BCUT2D eigenvalue weighted by molar-refractivity contribution is 0.441. The molecule has 0 fully saturated rings. The molecule has 0 saturated carbocycles. The molecule has 0 aliphatic carbocycles. The van der Waals surface area contributed by atoms with Crippen LogP contribution in [-0.4, -0.2) is 12.6 Å². The number of nitrogens with one attached hydrogen (secondary N) is 1. The summed E-state index contributed by atoms with van der Waals surface area (Å²) in [5.41, 5.74) is 1.51. The van der Waals surface area contributed by atoms with Crippen molar-refractivity contribution in [1.82, 2.24) is 5.32 Å². The van der Waals surface area contributed by atoms with Crippen molar-refractivity contribution in [3.63, 3.8) is 0 Å². The van der Waals surface area contributed by atoms with Gasteiger partial charge in [0.25, 0.3) is 0 Å². The number of unbranched alkanes of at least 4 members (excludes halogenated alkanes) is 1. The van der Waals surface area contributed by atoms with Gasteiger partial charge in [-0.1, -0.05) is 26.7 Å². The highest BCUT2D eigenvalue weighted by Crippen LogP contribution is 2.12. The van der Waals surface area contributed by atoms with Crippen molar-refractivity contribution in [2.45, 2.75) is 58.4 Å². The summed E-state index contributed by atoms with van der Waals surface area (Å²) in [5.74, 6) is 0. The molecule has 0 aliphatic rings.